The predicted octanol–water partition coefficient (Wildman–Crippen LogP) is 5.13. The third-order valence-electron chi connectivity index (χ3n) is 3.33. The van der Waals surface area contributed by atoms with Gasteiger partial charge in [-0.25, -0.2) is 4.79 Å². The highest BCUT2D eigenvalue weighted by Gasteiger charge is 2.41. The molecule has 1 aromatic rings. The minimum atomic E-state index is -3.87. The van der Waals surface area contributed by atoms with Gasteiger partial charge in [-0.15, -0.1) is 0 Å². The van der Waals surface area contributed by atoms with Crippen LogP contribution in [-0.2, 0) is 10.7 Å². The zero-order valence-electron chi connectivity index (χ0n) is 12.8. The Morgan fingerprint density at radius 3 is 2.33 bits per heavy atom. The van der Waals surface area contributed by atoms with Crippen LogP contribution in [-0.4, -0.2) is 11.1 Å². The lowest BCUT2D eigenvalue weighted by Gasteiger charge is -2.18. The molecule has 116 valence electrons. The van der Waals surface area contributed by atoms with Gasteiger partial charge in [0.2, 0.25) is 0 Å². The minimum absolute atomic E-state index is 0.281. The standard InChI is InChI=1S/C16H20F2O2S/c1-6-13(9(2)3)21-14-8-12(7-10(4)11(14)5)16(17,18)15(19)20/h6-9H,1-5H3,(H,19,20)/b13-6-. The number of thioether (sulfide) groups is 1. The van der Waals surface area contributed by atoms with E-state index in [-0.39, 0.29) is 5.92 Å². The molecule has 1 rings (SSSR count). The van der Waals surface area contributed by atoms with E-state index in [1.807, 2.05) is 33.8 Å². The molecule has 0 aliphatic heterocycles. The number of allylic oxidation sites excluding steroid dienone is 2. The Kier molecular flexibility index (Phi) is 5.56. The van der Waals surface area contributed by atoms with Gasteiger partial charge in [0.05, 0.1) is 0 Å². The second kappa shape index (κ2) is 6.60. The highest BCUT2D eigenvalue weighted by atomic mass is 32.2. The van der Waals surface area contributed by atoms with Gasteiger partial charge in [0.1, 0.15) is 0 Å². The summed E-state index contributed by atoms with van der Waals surface area (Å²) in [6.45, 7) is 9.53. The zero-order valence-corrected chi connectivity index (χ0v) is 13.6. The fourth-order valence-corrected chi connectivity index (χ4v) is 2.98. The molecule has 0 amide bonds. The minimum Gasteiger partial charge on any atom is -0.477 e. The second-order valence-corrected chi connectivity index (χ2v) is 6.36. The molecule has 21 heavy (non-hydrogen) atoms. The van der Waals surface area contributed by atoms with E-state index in [0.717, 1.165) is 10.5 Å². The van der Waals surface area contributed by atoms with Crippen LogP contribution in [0.4, 0.5) is 8.78 Å². The molecule has 0 saturated carbocycles. The first-order valence-corrected chi connectivity index (χ1v) is 7.49. The van der Waals surface area contributed by atoms with E-state index in [2.05, 4.69) is 0 Å². The van der Waals surface area contributed by atoms with E-state index >= 15 is 0 Å². The molecule has 0 aliphatic carbocycles. The maximum absolute atomic E-state index is 13.7. The molecule has 0 radical (unpaired) electrons. The summed E-state index contributed by atoms with van der Waals surface area (Å²) >= 11 is 1.41. The number of carboxylic acids is 1. The topological polar surface area (TPSA) is 37.3 Å². The number of benzene rings is 1. The number of halogens is 2. The lowest BCUT2D eigenvalue weighted by atomic mass is 10.0. The molecule has 0 saturated heterocycles. The Morgan fingerprint density at radius 2 is 1.90 bits per heavy atom. The first-order valence-electron chi connectivity index (χ1n) is 6.68. The molecule has 1 N–H and O–H groups in total. The Labute approximate surface area is 128 Å². The van der Waals surface area contributed by atoms with Gasteiger partial charge in [-0.3, -0.25) is 0 Å². The van der Waals surface area contributed by atoms with Gasteiger partial charge >= 0.3 is 11.9 Å². The molecule has 0 bridgehead atoms. The van der Waals surface area contributed by atoms with Gasteiger partial charge in [0, 0.05) is 10.5 Å². The third-order valence-corrected chi connectivity index (χ3v) is 4.92. The first kappa shape index (κ1) is 17.7. The fourth-order valence-electron chi connectivity index (χ4n) is 1.87. The number of aryl methyl sites for hydroxylation is 1. The van der Waals surface area contributed by atoms with Gasteiger partial charge < -0.3 is 5.11 Å². The molecule has 0 atom stereocenters. The Hall–Kier alpha value is -1.36. The lowest BCUT2D eigenvalue weighted by molar-refractivity contribution is -0.166. The summed E-state index contributed by atoms with van der Waals surface area (Å²) in [4.78, 5) is 12.5. The molecular formula is C16H20F2O2S. The lowest BCUT2D eigenvalue weighted by Crippen LogP contribution is -2.25. The number of carbonyl (C=O) groups is 1. The number of hydrogen-bond acceptors (Lipinski definition) is 2. The van der Waals surface area contributed by atoms with Crippen molar-refractivity contribution in [2.75, 3.05) is 0 Å². The monoisotopic (exact) mass is 314 g/mol. The summed E-state index contributed by atoms with van der Waals surface area (Å²) in [7, 11) is 0. The van der Waals surface area contributed by atoms with Gasteiger partial charge in [-0.05, 0) is 54.9 Å². The normalized spacial score (nSPS) is 12.9. The van der Waals surface area contributed by atoms with Crippen LogP contribution in [0.15, 0.2) is 28.0 Å². The molecule has 0 fully saturated rings. The molecule has 2 nitrogen and oxygen atoms in total. The molecule has 0 aromatic heterocycles. The second-order valence-electron chi connectivity index (χ2n) is 5.24. The van der Waals surface area contributed by atoms with Gasteiger partial charge in [-0.2, -0.15) is 8.78 Å². The number of hydrogen-bond donors (Lipinski definition) is 1. The first-order chi connectivity index (χ1) is 9.61. The van der Waals surface area contributed by atoms with Crippen molar-refractivity contribution in [2.45, 2.75) is 45.4 Å². The van der Waals surface area contributed by atoms with Crippen LogP contribution in [0.3, 0.4) is 0 Å². The van der Waals surface area contributed by atoms with E-state index in [4.69, 9.17) is 5.11 Å². The van der Waals surface area contributed by atoms with Gasteiger partial charge in [0.15, 0.2) is 0 Å². The highest BCUT2D eigenvalue weighted by Crippen LogP contribution is 2.38. The average Bonchev–Trinajstić information content (AvgIpc) is 2.39. The van der Waals surface area contributed by atoms with E-state index in [1.54, 1.807) is 6.92 Å². The van der Waals surface area contributed by atoms with Crippen LogP contribution in [0.2, 0.25) is 0 Å². The predicted molar refractivity (Wildman–Crippen MR) is 81.9 cm³/mol. The fraction of sp³-hybridized carbons (Fsp3) is 0.438. The van der Waals surface area contributed by atoms with E-state index in [9.17, 15) is 13.6 Å². The summed E-state index contributed by atoms with van der Waals surface area (Å²) in [6.07, 6.45) is 1.95. The van der Waals surface area contributed by atoms with Gasteiger partial charge in [0.25, 0.3) is 0 Å². The molecule has 5 heteroatoms. The molecule has 0 unspecified atom stereocenters. The van der Waals surface area contributed by atoms with Crippen molar-refractivity contribution in [3.8, 4) is 0 Å². The maximum Gasteiger partial charge on any atom is 0.379 e. The van der Waals surface area contributed by atoms with Crippen LogP contribution < -0.4 is 0 Å². The Morgan fingerprint density at radius 1 is 1.33 bits per heavy atom. The van der Waals surface area contributed by atoms with E-state index in [0.29, 0.717) is 10.5 Å². The number of alkyl halides is 2. The summed E-state index contributed by atoms with van der Waals surface area (Å²) in [5.41, 5.74) is 1.08. The van der Waals surface area contributed by atoms with Crippen molar-refractivity contribution in [1.29, 1.82) is 0 Å². The quantitative estimate of drug-likeness (QED) is 0.765. The zero-order chi connectivity index (χ0) is 16.4. The SMILES string of the molecule is C/C=C(\Sc1cc(C(F)(F)C(=O)O)cc(C)c1C)C(C)C. The van der Waals surface area contributed by atoms with Crippen molar-refractivity contribution < 1.29 is 18.7 Å². The van der Waals surface area contributed by atoms with Crippen molar-refractivity contribution in [3.63, 3.8) is 0 Å². The van der Waals surface area contributed by atoms with Crippen molar-refractivity contribution in [3.05, 3.63) is 39.8 Å². The van der Waals surface area contributed by atoms with Gasteiger partial charge in [-0.1, -0.05) is 31.7 Å². The Balaban J connectivity index is 3.35. The van der Waals surface area contributed by atoms with Crippen LogP contribution in [0.25, 0.3) is 0 Å². The number of rotatable bonds is 5. The molecule has 0 heterocycles. The van der Waals surface area contributed by atoms with Crippen molar-refractivity contribution in [2.24, 2.45) is 5.92 Å². The maximum atomic E-state index is 13.7. The van der Waals surface area contributed by atoms with E-state index in [1.165, 1.54) is 23.9 Å². The molecule has 1 aromatic carbocycles. The van der Waals surface area contributed by atoms with Crippen LogP contribution in [0, 0.1) is 19.8 Å². The Bertz CT molecular complexity index is 578. The number of carboxylic acid groups (broad SMARTS) is 1. The summed E-state index contributed by atoms with van der Waals surface area (Å²) in [5.74, 6) is -5.72. The van der Waals surface area contributed by atoms with Crippen LogP contribution in [0.5, 0.6) is 0 Å². The number of aliphatic carboxylic acids is 1. The molecule has 0 aliphatic rings. The highest BCUT2D eigenvalue weighted by molar-refractivity contribution is 8.03. The van der Waals surface area contributed by atoms with Crippen LogP contribution in [0.1, 0.15) is 37.5 Å². The molecular weight excluding hydrogens is 294 g/mol. The van der Waals surface area contributed by atoms with Crippen molar-refractivity contribution >= 4 is 17.7 Å². The van der Waals surface area contributed by atoms with Crippen LogP contribution >= 0.6 is 11.8 Å². The van der Waals surface area contributed by atoms with E-state index < -0.39 is 17.5 Å². The summed E-state index contributed by atoms with van der Waals surface area (Å²) in [6, 6.07) is 2.53. The van der Waals surface area contributed by atoms with Crippen molar-refractivity contribution in [1.82, 2.24) is 0 Å². The summed E-state index contributed by atoms with van der Waals surface area (Å²) < 4.78 is 27.4. The average molecular weight is 314 g/mol. The molecule has 0 spiro atoms. The summed E-state index contributed by atoms with van der Waals surface area (Å²) in [5, 5.41) is 8.69. The largest absolute Gasteiger partial charge is 0.477 e. The third kappa shape index (κ3) is 3.84. The smallest absolute Gasteiger partial charge is 0.379 e.